The van der Waals surface area contributed by atoms with Gasteiger partial charge in [0.2, 0.25) is 10.0 Å². The summed E-state index contributed by atoms with van der Waals surface area (Å²) in [5, 5.41) is 4.13. The minimum absolute atomic E-state index is 0.0422. The van der Waals surface area contributed by atoms with Gasteiger partial charge >= 0.3 is 0 Å². The molecule has 0 aliphatic heterocycles. The van der Waals surface area contributed by atoms with Crippen LogP contribution in [0.15, 0.2) is 83.9 Å². The van der Waals surface area contributed by atoms with Gasteiger partial charge in [-0.1, -0.05) is 54.6 Å². The summed E-state index contributed by atoms with van der Waals surface area (Å²) in [4.78, 5) is 16.6. The highest BCUT2D eigenvalue weighted by Crippen LogP contribution is 2.30. The second kappa shape index (κ2) is 10.9. The summed E-state index contributed by atoms with van der Waals surface area (Å²) < 4.78 is 32.6. The summed E-state index contributed by atoms with van der Waals surface area (Å²) in [5.41, 5.74) is 4.21. The van der Waals surface area contributed by atoms with E-state index in [1.54, 1.807) is 13.0 Å². The molecule has 0 spiro atoms. The summed E-state index contributed by atoms with van der Waals surface area (Å²) in [7, 11) is -2.25. The van der Waals surface area contributed by atoms with Gasteiger partial charge in [-0.25, -0.2) is 13.1 Å². The van der Waals surface area contributed by atoms with Crippen LogP contribution in [0.4, 0.5) is 0 Å². The van der Waals surface area contributed by atoms with Crippen LogP contribution in [0.25, 0.3) is 10.9 Å². The Bertz CT molecular complexity index is 1410. The molecule has 7 nitrogen and oxygen atoms in total. The zero-order valence-corrected chi connectivity index (χ0v) is 20.6. The Balaban J connectivity index is 1.59. The fraction of sp³-hybridized carbons (Fsp3) is 0.222. The lowest BCUT2D eigenvalue weighted by Gasteiger charge is -2.19. The Morgan fingerprint density at radius 1 is 1.03 bits per heavy atom. The first kappa shape index (κ1) is 24.7. The average Bonchev–Trinajstić information content (AvgIpc) is 3.29. The molecule has 1 atom stereocenters. The molecular formula is C27H29N3O4S. The predicted molar refractivity (Wildman–Crippen MR) is 137 cm³/mol. The van der Waals surface area contributed by atoms with Crippen molar-refractivity contribution in [3.63, 3.8) is 0 Å². The number of H-pyrrole nitrogens is 1. The third-order valence-corrected chi connectivity index (χ3v) is 7.49. The molecule has 1 heterocycles. The van der Waals surface area contributed by atoms with Crippen molar-refractivity contribution < 1.29 is 17.9 Å². The largest absolute Gasteiger partial charge is 0.383 e. The van der Waals surface area contributed by atoms with Crippen LogP contribution in [0.2, 0.25) is 0 Å². The lowest BCUT2D eigenvalue weighted by atomic mass is 9.91. The summed E-state index contributed by atoms with van der Waals surface area (Å²) in [6.07, 6.45) is 1.98. The number of carbonyl (C=O) groups is 1. The number of carbonyl (C=O) groups excluding carboxylic acids is 1. The molecule has 4 aromatic rings. The third kappa shape index (κ3) is 5.62. The number of benzene rings is 3. The Labute approximate surface area is 205 Å². The highest BCUT2D eigenvalue weighted by Gasteiger charge is 2.21. The summed E-state index contributed by atoms with van der Waals surface area (Å²) in [5.74, 6) is -0.406. The fourth-order valence-electron chi connectivity index (χ4n) is 4.14. The topological polar surface area (TPSA) is 100 Å². The van der Waals surface area contributed by atoms with Crippen molar-refractivity contribution in [2.45, 2.75) is 17.7 Å². The van der Waals surface area contributed by atoms with E-state index in [0.717, 1.165) is 22.0 Å². The highest BCUT2D eigenvalue weighted by molar-refractivity contribution is 7.89. The molecular weight excluding hydrogens is 462 g/mol. The lowest BCUT2D eigenvalue weighted by molar-refractivity contribution is 0.0951. The monoisotopic (exact) mass is 491 g/mol. The van der Waals surface area contributed by atoms with Gasteiger partial charge in [0, 0.05) is 48.8 Å². The van der Waals surface area contributed by atoms with Crippen molar-refractivity contribution >= 4 is 26.8 Å². The van der Waals surface area contributed by atoms with Gasteiger partial charge in [-0.05, 0) is 41.8 Å². The van der Waals surface area contributed by atoms with Crippen molar-refractivity contribution in [1.82, 2.24) is 15.0 Å². The van der Waals surface area contributed by atoms with Crippen LogP contribution < -0.4 is 10.0 Å². The van der Waals surface area contributed by atoms with Crippen molar-refractivity contribution in [3.8, 4) is 0 Å². The molecule has 182 valence electrons. The Morgan fingerprint density at radius 2 is 1.77 bits per heavy atom. The highest BCUT2D eigenvalue weighted by atomic mass is 32.2. The van der Waals surface area contributed by atoms with E-state index in [-0.39, 0.29) is 29.9 Å². The number of aryl methyl sites for hydroxylation is 1. The number of fused-ring (bicyclic) bond motifs is 1. The maximum Gasteiger partial charge on any atom is 0.251 e. The number of aromatic nitrogens is 1. The second-order valence-corrected chi connectivity index (χ2v) is 10.1. The Morgan fingerprint density at radius 3 is 2.54 bits per heavy atom. The van der Waals surface area contributed by atoms with Gasteiger partial charge in [-0.3, -0.25) is 4.79 Å². The molecule has 8 heteroatoms. The maximum absolute atomic E-state index is 13.2. The van der Waals surface area contributed by atoms with E-state index in [4.69, 9.17) is 4.74 Å². The molecule has 4 rings (SSSR count). The van der Waals surface area contributed by atoms with Gasteiger partial charge in [-0.15, -0.1) is 0 Å². The molecule has 0 bridgehead atoms. The van der Waals surface area contributed by atoms with E-state index >= 15 is 0 Å². The number of nitrogens with one attached hydrogen (secondary N) is 3. The molecule has 0 aliphatic rings. The number of amides is 1. The van der Waals surface area contributed by atoms with E-state index in [2.05, 4.69) is 21.1 Å². The lowest BCUT2D eigenvalue weighted by Crippen LogP contribution is -2.30. The van der Waals surface area contributed by atoms with Crippen LogP contribution in [0.3, 0.4) is 0 Å². The standard InChI is InChI=1S/C27H29N3O4S/c1-19-12-13-21(35(32,33)30-14-15-34-2)16-23(19)27(31)29-17-24(20-8-4-3-5-9-20)25-18-28-26-11-7-6-10-22(25)26/h3-13,16,18,24,28,30H,14-15,17H2,1-2H3,(H,29,31). The number of rotatable bonds is 10. The maximum atomic E-state index is 13.2. The molecule has 3 aromatic carbocycles. The minimum atomic E-state index is -3.75. The molecule has 0 saturated heterocycles. The molecule has 35 heavy (non-hydrogen) atoms. The van der Waals surface area contributed by atoms with E-state index in [0.29, 0.717) is 17.7 Å². The number of hydrogen-bond acceptors (Lipinski definition) is 4. The molecule has 0 fully saturated rings. The van der Waals surface area contributed by atoms with Crippen molar-refractivity contribution in [2.24, 2.45) is 0 Å². The van der Waals surface area contributed by atoms with Gasteiger partial charge in [-0.2, -0.15) is 0 Å². The van der Waals surface area contributed by atoms with Gasteiger partial charge in [0.25, 0.3) is 5.91 Å². The summed E-state index contributed by atoms with van der Waals surface area (Å²) in [6.45, 7) is 2.55. The molecule has 1 unspecified atom stereocenters. The molecule has 0 radical (unpaired) electrons. The van der Waals surface area contributed by atoms with Crippen LogP contribution in [0, 0.1) is 6.92 Å². The summed E-state index contributed by atoms with van der Waals surface area (Å²) in [6, 6.07) is 22.6. The average molecular weight is 492 g/mol. The number of methoxy groups -OCH3 is 1. The van der Waals surface area contributed by atoms with Crippen LogP contribution in [0.5, 0.6) is 0 Å². The van der Waals surface area contributed by atoms with E-state index in [9.17, 15) is 13.2 Å². The summed E-state index contributed by atoms with van der Waals surface area (Å²) >= 11 is 0. The minimum Gasteiger partial charge on any atom is -0.383 e. The predicted octanol–water partition coefficient (Wildman–Crippen LogP) is 3.96. The normalized spacial score (nSPS) is 12.5. The van der Waals surface area contributed by atoms with Gasteiger partial charge in [0.15, 0.2) is 0 Å². The SMILES string of the molecule is COCCNS(=O)(=O)c1ccc(C)c(C(=O)NCC(c2ccccc2)c2c[nH]c3ccccc23)c1. The van der Waals surface area contributed by atoms with Crippen LogP contribution in [-0.2, 0) is 14.8 Å². The van der Waals surface area contributed by atoms with E-state index in [1.165, 1.54) is 19.2 Å². The first-order chi connectivity index (χ1) is 16.9. The van der Waals surface area contributed by atoms with Crippen LogP contribution >= 0.6 is 0 Å². The first-order valence-corrected chi connectivity index (χ1v) is 12.9. The number of para-hydroxylation sites is 1. The fourth-order valence-corrected chi connectivity index (χ4v) is 5.18. The van der Waals surface area contributed by atoms with E-state index < -0.39 is 10.0 Å². The Kier molecular flexibility index (Phi) is 7.65. The molecule has 1 amide bonds. The zero-order chi connectivity index (χ0) is 24.8. The number of sulfonamides is 1. The third-order valence-electron chi connectivity index (χ3n) is 6.03. The quantitative estimate of drug-likeness (QED) is 0.292. The van der Waals surface area contributed by atoms with Crippen molar-refractivity contribution in [3.05, 3.63) is 101 Å². The number of aromatic amines is 1. The van der Waals surface area contributed by atoms with Crippen molar-refractivity contribution in [1.29, 1.82) is 0 Å². The molecule has 3 N–H and O–H groups in total. The second-order valence-electron chi connectivity index (χ2n) is 8.33. The molecule has 0 aliphatic carbocycles. The number of hydrogen-bond donors (Lipinski definition) is 3. The number of ether oxygens (including phenoxy) is 1. The Hall–Kier alpha value is -3.46. The zero-order valence-electron chi connectivity index (χ0n) is 19.7. The first-order valence-electron chi connectivity index (χ1n) is 11.4. The smallest absolute Gasteiger partial charge is 0.251 e. The van der Waals surface area contributed by atoms with Crippen LogP contribution in [-0.4, -0.2) is 46.1 Å². The van der Waals surface area contributed by atoms with Crippen molar-refractivity contribution in [2.75, 3.05) is 26.8 Å². The van der Waals surface area contributed by atoms with Gasteiger partial charge < -0.3 is 15.0 Å². The molecule has 0 saturated carbocycles. The van der Waals surface area contributed by atoms with Gasteiger partial charge in [0.05, 0.1) is 11.5 Å². The van der Waals surface area contributed by atoms with E-state index in [1.807, 2.05) is 54.7 Å². The molecule has 1 aromatic heterocycles. The van der Waals surface area contributed by atoms with Crippen LogP contribution in [0.1, 0.15) is 33.0 Å². The van der Waals surface area contributed by atoms with Gasteiger partial charge in [0.1, 0.15) is 0 Å².